The smallest absolute Gasteiger partial charge is 0.122 e. The summed E-state index contributed by atoms with van der Waals surface area (Å²) in [6, 6.07) is 4.00. The molecule has 1 rings (SSSR count). The van der Waals surface area contributed by atoms with E-state index in [0.29, 0.717) is 12.8 Å². The fourth-order valence-corrected chi connectivity index (χ4v) is 2.06. The third-order valence-electron chi connectivity index (χ3n) is 3.27. The first-order valence-electron chi connectivity index (χ1n) is 6.71. The van der Waals surface area contributed by atoms with Gasteiger partial charge in [0.2, 0.25) is 0 Å². The van der Waals surface area contributed by atoms with E-state index in [2.05, 4.69) is 6.92 Å². The molecule has 1 aromatic rings. The molecule has 0 aliphatic rings. The number of alkyl halides is 1. The van der Waals surface area contributed by atoms with Gasteiger partial charge in [-0.2, -0.15) is 0 Å². The van der Waals surface area contributed by atoms with Crippen LogP contribution in [0, 0.1) is 0 Å². The summed E-state index contributed by atoms with van der Waals surface area (Å²) < 4.78 is 23.1. The highest BCUT2D eigenvalue weighted by Gasteiger charge is 2.13. The lowest BCUT2D eigenvalue weighted by molar-refractivity contribution is 0.391. The molecule has 0 aliphatic carbocycles. The minimum atomic E-state index is -0.325. The van der Waals surface area contributed by atoms with E-state index in [1.54, 1.807) is 14.2 Å². The summed E-state index contributed by atoms with van der Waals surface area (Å²) in [5, 5.41) is 0. The Labute approximate surface area is 114 Å². The molecule has 1 unspecified atom stereocenters. The summed E-state index contributed by atoms with van der Waals surface area (Å²) in [5.41, 5.74) is 8.01. The third kappa shape index (κ3) is 4.39. The van der Waals surface area contributed by atoms with E-state index in [1.165, 1.54) is 0 Å². The number of hydrogen-bond acceptors (Lipinski definition) is 3. The summed E-state index contributed by atoms with van der Waals surface area (Å²) in [7, 11) is 3.27. The van der Waals surface area contributed by atoms with Gasteiger partial charge in [-0.25, -0.2) is 0 Å². The van der Waals surface area contributed by atoms with E-state index in [9.17, 15) is 4.39 Å². The van der Waals surface area contributed by atoms with Crippen molar-refractivity contribution in [3.05, 3.63) is 23.3 Å². The van der Waals surface area contributed by atoms with Crippen molar-refractivity contribution in [1.82, 2.24) is 0 Å². The van der Waals surface area contributed by atoms with Crippen molar-refractivity contribution >= 4 is 0 Å². The molecule has 0 amide bonds. The molecule has 19 heavy (non-hydrogen) atoms. The molecule has 108 valence electrons. The van der Waals surface area contributed by atoms with Gasteiger partial charge in [0.1, 0.15) is 11.5 Å². The van der Waals surface area contributed by atoms with Crippen LogP contribution in [0.5, 0.6) is 11.5 Å². The van der Waals surface area contributed by atoms with Crippen molar-refractivity contribution in [2.75, 3.05) is 20.9 Å². The van der Waals surface area contributed by atoms with E-state index < -0.39 is 0 Å². The quantitative estimate of drug-likeness (QED) is 0.789. The summed E-state index contributed by atoms with van der Waals surface area (Å²) in [6.07, 6.45) is 2.80. The summed E-state index contributed by atoms with van der Waals surface area (Å²) in [5.74, 6) is 1.59. The van der Waals surface area contributed by atoms with Gasteiger partial charge in [-0.15, -0.1) is 0 Å². The second kappa shape index (κ2) is 8.00. The first kappa shape index (κ1) is 15.8. The van der Waals surface area contributed by atoms with E-state index in [0.717, 1.165) is 35.5 Å². The molecule has 0 heterocycles. The first-order valence-corrected chi connectivity index (χ1v) is 6.71. The Bertz CT molecular complexity index is 396. The molecule has 0 aliphatic heterocycles. The van der Waals surface area contributed by atoms with Gasteiger partial charge in [0.15, 0.2) is 0 Å². The Morgan fingerprint density at radius 3 is 2.26 bits per heavy atom. The lowest BCUT2D eigenvalue weighted by Crippen LogP contribution is -2.21. The maximum absolute atomic E-state index is 12.3. The van der Waals surface area contributed by atoms with Crippen molar-refractivity contribution in [2.24, 2.45) is 5.73 Å². The normalized spacial score (nSPS) is 12.3. The Morgan fingerprint density at radius 2 is 1.74 bits per heavy atom. The molecule has 4 heteroatoms. The van der Waals surface area contributed by atoms with Crippen LogP contribution in [0.4, 0.5) is 4.39 Å². The van der Waals surface area contributed by atoms with Gasteiger partial charge in [0.25, 0.3) is 0 Å². The van der Waals surface area contributed by atoms with Crippen molar-refractivity contribution in [3.63, 3.8) is 0 Å². The molecule has 1 aromatic carbocycles. The van der Waals surface area contributed by atoms with E-state index in [-0.39, 0.29) is 12.7 Å². The van der Waals surface area contributed by atoms with Gasteiger partial charge in [-0.05, 0) is 48.9 Å². The van der Waals surface area contributed by atoms with Crippen LogP contribution in [0.25, 0.3) is 0 Å². The molecular formula is C15H24FNO2. The fraction of sp³-hybridized carbons (Fsp3) is 0.600. The van der Waals surface area contributed by atoms with Crippen LogP contribution in [0.3, 0.4) is 0 Å². The SMILES string of the molecule is CCC(N)Cc1cc(OC)c(CCCF)cc1OC. The number of benzene rings is 1. The predicted octanol–water partition coefficient (Wildman–Crippen LogP) is 2.89. The average Bonchev–Trinajstić information content (AvgIpc) is 2.44. The molecule has 1 atom stereocenters. The van der Waals surface area contributed by atoms with Crippen molar-refractivity contribution in [1.29, 1.82) is 0 Å². The second-order valence-corrected chi connectivity index (χ2v) is 4.64. The van der Waals surface area contributed by atoms with Gasteiger partial charge >= 0.3 is 0 Å². The zero-order valence-corrected chi connectivity index (χ0v) is 12.0. The zero-order valence-electron chi connectivity index (χ0n) is 12.0. The number of hydrogen-bond donors (Lipinski definition) is 1. The van der Waals surface area contributed by atoms with Gasteiger partial charge in [-0.1, -0.05) is 6.92 Å². The fourth-order valence-electron chi connectivity index (χ4n) is 2.06. The molecule has 0 bridgehead atoms. The molecule has 0 fully saturated rings. The van der Waals surface area contributed by atoms with Crippen LogP contribution in [0.2, 0.25) is 0 Å². The van der Waals surface area contributed by atoms with Crippen LogP contribution in [0.1, 0.15) is 30.9 Å². The zero-order chi connectivity index (χ0) is 14.3. The molecule has 0 radical (unpaired) electrons. The monoisotopic (exact) mass is 269 g/mol. The number of ether oxygens (including phenoxy) is 2. The molecule has 3 nitrogen and oxygen atoms in total. The predicted molar refractivity (Wildman–Crippen MR) is 75.8 cm³/mol. The lowest BCUT2D eigenvalue weighted by atomic mass is 9.99. The Kier molecular flexibility index (Phi) is 6.64. The number of rotatable bonds is 8. The summed E-state index contributed by atoms with van der Waals surface area (Å²) in [4.78, 5) is 0. The number of halogens is 1. The van der Waals surface area contributed by atoms with Crippen LogP contribution < -0.4 is 15.2 Å². The molecule has 0 aromatic heterocycles. The molecule has 0 spiro atoms. The van der Waals surface area contributed by atoms with Crippen molar-refractivity contribution < 1.29 is 13.9 Å². The molecular weight excluding hydrogens is 245 g/mol. The minimum Gasteiger partial charge on any atom is -0.496 e. The van der Waals surface area contributed by atoms with Gasteiger partial charge in [-0.3, -0.25) is 4.39 Å². The van der Waals surface area contributed by atoms with Crippen LogP contribution in [0.15, 0.2) is 12.1 Å². The Morgan fingerprint density at radius 1 is 1.16 bits per heavy atom. The summed E-state index contributed by atoms with van der Waals surface area (Å²) >= 11 is 0. The standard InChI is InChI=1S/C15H24FNO2/c1-4-13(17)8-12-10-14(18-2)11(6-5-7-16)9-15(12)19-3/h9-10,13H,4-8,17H2,1-3H3. The molecule has 0 saturated heterocycles. The topological polar surface area (TPSA) is 44.5 Å². The Hall–Kier alpha value is -1.29. The highest BCUT2D eigenvalue weighted by molar-refractivity contribution is 5.47. The van der Waals surface area contributed by atoms with Gasteiger partial charge in [0, 0.05) is 6.04 Å². The van der Waals surface area contributed by atoms with Crippen molar-refractivity contribution in [3.8, 4) is 11.5 Å². The largest absolute Gasteiger partial charge is 0.496 e. The third-order valence-corrected chi connectivity index (χ3v) is 3.27. The van der Waals surface area contributed by atoms with E-state index in [1.807, 2.05) is 12.1 Å². The van der Waals surface area contributed by atoms with Crippen molar-refractivity contribution in [2.45, 2.75) is 38.6 Å². The van der Waals surface area contributed by atoms with Gasteiger partial charge in [0.05, 0.1) is 20.9 Å². The van der Waals surface area contributed by atoms with Gasteiger partial charge < -0.3 is 15.2 Å². The van der Waals surface area contributed by atoms with Crippen LogP contribution in [-0.2, 0) is 12.8 Å². The van der Waals surface area contributed by atoms with Crippen LogP contribution >= 0.6 is 0 Å². The molecule has 2 N–H and O–H groups in total. The van der Waals surface area contributed by atoms with Crippen LogP contribution in [-0.4, -0.2) is 26.9 Å². The second-order valence-electron chi connectivity index (χ2n) is 4.64. The van der Waals surface area contributed by atoms with E-state index >= 15 is 0 Å². The highest BCUT2D eigenvalue weighted by Crippen LogP contribution is 2.30. The summed E-state index contributed by atoms with van der Waals surface area (Å²) in [6.45, 7) is 1.73. The highest BCUT2D eigenvalue weighted by atomic mass is 19.1. The maximum atomic E-state index is 12.3. The van der Waals surface area contributed by atoms with E-state index in [4.69, 9.17) is 15.2 Å². The average molecular weight is 269 g/mol. The minimum absolute atomic E-state index is 0.107. The number of methoxy groups -OCH3 is 2. The number of aryl methyl sites for hydroxylation is 1. The first-order chi connectivity index (χ1) is 9.15. The molecule has 0 saturated carbocycles. The Balaban J connectivity index is 3.04. The lowest BCUT2D eigenvalue weighted by Gasteiger charge is -2.17. The number of nitrogens with two attached hydrogens (primary N) is 1. The maximum Gasteiger partial charge on any atom is 0.122 e.